The Morgan fingerprint density at radius 2 is 1.65 bits per heavy atom. The Kier molecular flexibility index (Phi) is 5.16. The third kappa shape index (κ3) is 4.26. The van der Waals surface area contributed by atoms with Gasteiger partial charge in [-0.25, -0.2) is 4.68 Å². The van der Waals surface area contributed by atoms with Crippen molar-refractivity contribution in [3.63, 3.8) is 0 Å². The maximum absolute atomic E-state index is 6.07. The number of nitrogens with zero attached hydrogens (tertiary/aromatic N) is 3. The highest BCUT2D eigenvalue weighted by Crippen LogP contribution is 2.17. The van der Waals surface area contributed by atoms with E-state index in [2.05, 4.69) is 22.3 Å². The predicted octanol–water partition coefficient (Wildman–Crippen LogP) is 2.75. The van der Waals surface area contributed by atoms with Crippen LogP contribution in [-0.2, 0) is 6.42 Å². The molecule has 0 fully saturated rings. The minimum Gasteiger partial charge on any atom is -0.493 e. The molecular weight excluding hydrogens is 308 g/mol. The molecule has 1 aromatic heterocycles. The minimum atomic E-state index is 0.593. The van der Waals surface area contributed by atoms with E-state index in [1.807, 2.05) is 48.5 Å². The van der Waals surface area contributed by atoms with Gasteiger partial charge in [0, 0.05) is 12.2 Å². The molecule has 0 radical (unpaired) electrons. The van der Waals surface area contributed by atoms with Crippen LogP contribution in [0.15, 0.2) is 65.8 Å². The van der Waals surface area contributed by atoms with Crippen LogP contribution in [0.4, 0.5) is 0 Å². The Balaban J connectivity index is 1.51. The van der Waals surface area contributed by atoms with Crippen LogP contribution in [0.1, 0.15) is 11.4 Å². The van der Waals surface area contributed by atoms with Gasteiger partial charge in [0.1, 0.15) is 5.75 Å². The van der Waals surface area contributed by atoms with E-state index in [4.69, 9.17) is 10.6 Å². The standard InChI is InChI=1S/C17H18N4OS/c18-21-16(13-14-7-3-1-4-8-14)19-20-17(21)23-12-11-22-15-9-5-2-6-10-15/h1-10H,11-13,18H2. The molecule has 2 aromatic carbocycles. The molecule has 0 bridgehead atoms. The van der Waals surface area contributed by atoms with Gasteiger partial charge >= 0.3 is 0 Å². The van der Waals surface area contributed by atoms with E-state index in [-0.39, 0.29) is 0 Å². The van der Waals surface area contributed by atoms with Crippen molar-refractivity contribution in [1.29, 1.82) is 0 Å². The SMILES string of the molecule is Nn1c(Cc2ccccc2)nnc1SCCOc1ccccc1. The zero-order chi connectivity index (χ0) is 15.9. The Labute approximate surface area is 139 Å². The van der Waals surface area contributed by atoms with E-state index >= 15 is 0 Å². The number of hydrogen-bond acceptors (Lipinski definition) is 5. The molecular formula is C17H18N4OS. The summed E-state index contributed by atoms with van der Waals surface area (Å²) in [5, 5.41) is 9.03. The first kappa shape index (κ1) is 15.4. The molecule has 3 aromatic rings. The van der Waals surface area contributed by atoms with Crippen molar-refractivity contribution in [2.24, 2.45) is 0 Å². The molecule has 118 valence electrons. The molecule has 6 heteroatoms. The fourth-order valence-corrected chi connectivity index (χ4v) is 2.81. The van der Waals surface area contributed by atoms with E-state index < -0.39 is 0 Å². The molecule has 0 aliphatic heterocycles. The first-order chi connectivity index (χ1) is 11.3. The third-order valence-electron chi connectivity index (χ3n) is 3.27. The molecule has 1 heterocycles. The topological polar surface area (TPSA) is 66.0 Å². The molecule has 0 aliphatic carbocycles. The van der Waals surface area contributed by atoms with Crippen LogP contribution in [0.25, 0.3) is 0 Å². The van der Waals surface area contributed by atoms with Crippen LogP contribution >= 0.6 is 11.8 Å². The van der Waals surface area contributed by atoms with Gasteiger partial charge < -0.3 is 10.6 Å². The number of thioether (sulfide) groups is 1. The maximum Gasteiger partial charge on any atom is 0.209 e. The maximum atomic E-state index is 6.07. The van der Waals surface area contributed by atoms with Gasteiger partial charge in [0.15, 0.2) is 5.82 Å². The molecule has 0 aliphatic rings. The van der Waals surface area contributed by atoms with E-state index in [0.29, 0.717) is 18.2 Å². The van der Waals surface area contributed by atoms with E-state index in [9.17, 15) is 0 Å². The van der Waals surface area contributed by atoms with E-state index in [0.717, 1.165) is 22.9 Å². The summed E-state index contributed by atoms with van der Waals surface area (Å²) in [6.45, 7) is 0.593. The summed E-state index contributed by atoms with van der Waals surface area (Å²) in [4.78, 5) is 0. The van der Waals surface area contributed by atoms with Gasteiger partial charge in [-0.3, -0.25) is 0 Å². The summed E-state index contributed by atoms with van der Waals surface area (Å²) in [5.74, 6) is 8.45. The Morgan fingerprint density at radius 1 is 0.957 bits per heavy atom. The van der Waals surface area contributed by atoms with Crippen LogP contribution in [-0.4, -0.2) is 27.2 Å². The lowest BCUT2D eigenvalue weighted by molar-refractivity contribution is 0.344. The number of benzene rings is 2. The van der Waals surface area contributed by atoms with Crippen LogP contribution in [0.2, 0.25) is 0 Å². The molecule has 5 nitrogen and oxygen atoms in total. The number of rotatable bonds is 7. The van der Waals surface area contributed by atoms with Gasteiger partial charge in [0.2, 0.25) is 5.16 Å². The molecule has 0 saturated heterocycles. The van der Waals surface area contributed by atoms with Crippen molar-refractivity contribution < 1.29 is 4.74 Å². The van der Waals surface area contributed by atoms with Crippen LogP contribution in [0.5, 0.6) is 5.75 Å². The predicted molar refractivity (Wildman–Crippen MR) is 92.1 cm³/mol. The Bertz CT molecular complexity index is 731. The fraction of sp³-hybridized carbons (Fsp3) is 0.176. The van der Waals surface area contributed by atoms with Crippen LogP contribution in [0.3, 0.4) is 0 Å². The monoisotopic (exact) mass is 326 g/mol. The molecule has 0 atom stereocenters. The molecule has 23 heavy (non-hydrogen) atoms. The van der Waals surface area contributed by atoms with Gasteiger partial charge in [0.05, 0.1) is 6.61 Å². The van der Waals surface area contributed by atoms with Crippen molar-refractivity contribution >= 4 is 11.8 Å². The van der Waals surface area contributed by atoms with Crippen molar-refractivity contribution in [3.05, 3.63) is 72.1 Å². The summed E-state index contributed by atoms with van der Waals surface area (Å²) in [5.41, 5.74) is 1.16. The number of aromatic nitrogens is 3. The Hall–Kier alpha value is -2.47. The van der Waals surface area contributed by atoms with E-state index in [1.165, 1.54) is 11.8 Å². The van der Waals surface area contributed by atoms with Crippen molar-refractivity contribution in [3.8, 4) is 5.75 Å². The van der Waals surface area contributed by atoms with Gasteiger partial charge in [-0.2, -0.15) is 0 Å². The van der Waals surface area contributed by atoms with Gasteiger partial charge in [-0.15, -0.1) is 10.2 Å². The highest BCUT2D eigenvalue weighted by molar-refractivity contribution is 7.99. The van der Waals surface area contributed by atoms with E-state index in [1.54, 1.807) is 4.68 Å². The van der Waals surface area contributed by atoms with Gasteiger partial charge in [-0.05, 0) is 17.7 Å². The second kappa shape index (κ2) is 7.69. The molecule has 2 N–H and O–H groups in total. The summed E-state index contributed by atoms with van der Waals surface area (Å²) in [6.07, 6.45) is 0.672. The smallest absolute Gasteiger partial charge is 0.209 e. The number of ether oxygens (including phenoxy) is 1. The average molecular weight is 326 g/mol. The quantitative estimate of drug-likeness (QED) is 0.411. The number of para-hydroxylation sites is 1. The summed E-state index contributed by atoms with van der Waals surface area (Å²) >= 11 is 1.54. The first-order valence-electron chi connectivity index (χ1n) is 7.37. The highest BCUT2D eigenvalue weighted by Gasteiger charge is 2.10. The summed E-state index contributed by atoms with van der Waals surface area (Å²) in [6, 6.07) is 19.8. The average Bonchev–Trinajstić information content (AvgIpc) is 2.94. The molecule has 0 saturated carbocycles. The normalized spacial score (nSPS) is 10.6. The zero-order valence-corrected chi connectivity index (χ0v) is 13.4. The highest BCUT2D eigenvalue weighted by atomic mass is 32.2. The van der Waals surface area contributed by atoms with Crippen molar-refractivity contribution in [2.45, 2.75) is 11.6 Å². The second-order valence-corrected chi connectivity index (χ2v) is 6.00. The molecule has 0 unspecified atom stereocenters. The zero-order valence-electron chi connectivity index (χ0n) is 12.6. The number of nitrogen functional groups attached to an aromatic ring is 1. The lowest BCUT2D eigenvalue weighted by Crippen LogP contribution is -2.15. The molecule has 0 amide bonds. The number of nitrogens with two attached hydrogens (primary N) is 1. The lowest BCUT2D eigenvalue weighted by Gasteiger charge is -2.06. The Morgan fingerprint density at radius 3 is 2.39 bits per heavy atom. The largest absolute Gasteiger partial charge is 0.493 e. The first-order valence-corrected chi connectivity index (χ1v) is 8.35. The van der Waals surface area contributed by atoms with Crippen LogP contribution < -0.4 is 10.6 Å². The van der Waals surface area contributed by atoms with Gasteiger partial charge in [0.25, 0.3) is 0 Å². The second-order valence-electron chi connectivity index (χ2n) is 4.94. The molecule has 3 rings (SSSR count). The summed E-state index contributed by atoms with van der Waals surface area (Å²) in [7, 11) is 0. The minimum absolute atomic E-state index is 0.593. The lowest BCUT2D eigenvalue weighted by atomic mass is 10.1. The van der Waals surface area contributed by atoms with Gasteiger partial charge in [-0.1, -0.05) is 60.3 Å². The van der Waals surface area contributed by atoms with Crippen molar-refractivity contribution in [1.82, 2.24) is 14.9 Å². The molecule has 0 spiro atoms. The fourth-order valence-electron chi connectivity index (χ4n) is 2.11. The summed E-state index contributed by atoms with van der Waals surface area (Å²) < 4.78 is 7.21. The van der Waals surface area contributed by atoms with Crippen molar-refractivity contribution in [2.75, 3.05) is 18.2 Å². The third-order valence-corrected chi connectivity index (χ3v) is 4.17. The number of hydrogen-bond donors (Lipinski definition) is 1. The van der Waals surface area contributed by atoms with Crippen LogP contribution in [0, 0.1) is 0 Å².